The van der Waals surface area contributed by atoms with E-state index >= 15 is 0 Å². The van der Waals surface area contributed by atoms with Gasteiger partial charge >= 0.3 is 5.97 Å². The Bertz CT molecular complexity index is 355. The smallest absolute Gasteiger partial charge is 0.389 e. The number of nitrogens with two attached hydrogens (primary N) is 1. The Hall–Kier alpha value is -1.50. The van der Waals surface area contributed by atoms with E-state index in [0.29, 0.717) is 4.60 Å². The van der Waals surface area contributed by atoms with E-state index in [2.05, 4.69) is 25.8 Å². The second-order valence-electron chi connectivity index (χ2n) is 2.03. The number of hydrogen-bond acceptors (Lipinski definition) is 6. The maximum atomic E-state index is 10.9. The molecule has 0 aliphatic carbocycles. The quantitative estimate of drug-likeness (QED) is 0.481. The number of anilines is 1. The van der Waals surface area contributed by atoms with E-state index in [4.69, 9.17) is 5.73 Å². The number of carbonyl (C=O) groups excluding carboxylic acids is 1. The van der Waals surface area contributed by atoms with Crippen LogP contribution < -0.4 is 5.73 Å². The molecule has 0 aromatic carbocycles. The van der Waals surface area contributed by atoms with E-state index in [-0.39, 0.29) is 11.4 Å². The molecule has 1 rings (SSSR count). The van der Waals surface area contributed by atoms with Gasteiger partial charge in [-0.05, 0) is 28.1 Å². The van der Waals surface area contributed by atoms with Crippen LogP contribution in [0.15, 0.2) is 22.1 Å². The fraction of sp³-hybridized carbons (Fsp3) is 0. The Morgan fingerprint density at radius 3 is 2.92 bits per heavy atom. The number of nitrogens with zero attached hydrogens (tertiary/aromatic N) is 2. The van der Waals surface area contributed by atoms with E-state index in [9.17, 15) is 9.70 Å². The van der Waals surface area contributed by atoms with Crippen molar-refractivity contribution in [3.8, 4) is 0 Å². The monoisotopic (exact) mass is 245 g/mol. The lowest BCUT2D eigenvalue weighted by Crippen LogP contribution is -2.07. The summed E-state index contributed by atoms with van der Waals surface area (Å²) in [6.45, 7) is 0. The van der Waals surface area contributed by atoms with Gasteiger partial charge in [0.2, 0.25) is 0 Å². The van der Waals surface area contributed by atoms with Gasteiger partial charge in [0.25, 0.3) is 0 Å². The molecule has 0 unspecified atom stereocenters. The Labute approximate surface area is 81.1 Å². The number of nitrogen functional groups attached to an aromatic ring is 1. The van der Waals surface area contributed by atoms with Crippen LogP contribution in [-0.2, 0) is 4.84 Å². The van der Waals surface area contributed by atoms with Crippen molar-refractivity contribution in [3.63, 3.8) is 0 Å². The number of hydrogen-bond donors (Lipinski definition) is 1. The van der Waals surface area contributed by atoms with Crippen molar-refractivity contribution in [1.29, 1.82) is 0 Å². The lowest BCUT2D eigenvalue weighted by molar-refractivity contribution is 0.0502. The predicted octanol–water partition coefficient (Wildman–Crippen LogP) is 1.26. The van der Waals surface area contributed by atoms with Crippen LogP contribution in [-0.4, -0.2) is 11.0 Å². The molecular weight excluding hydrogens is 242 g/mol. The fourth-order valence-electron chi connectivity index (χ4n) is 0.687. The number of pyridine rings is 1. The molecule has 1 heterocycles. The molecular formula is C6H4BrN3O3. The van der Waals surface area contributed by atoms with Gasteiger partial charge in [0.15, 0.2) is 11.0 Å². The van der Waals surface area contributed by atoms with Crippen LogP contribution in [0.5, 0.6) is 0 Å². The molecule has 0 aliphatic rings. The summed E-state index contributed by atoms with van der Waals surface area (Å²) < 4.78 is 0.416. The highest BCUT2D eigenvalue weighted by molar-refractivity contribution is 9.10. The van der Waals surface area contributed by atoms with Gasteiger partial charge in [-0.25, -0.2) is 9.78 Å². The summed E-state index contributed by atoms with van der Waals surface area (Å²) in [5, 5.41) is 1.97. The predicted molar refractivity (Wildman–Crippen MR) is 47.6 cm³/mol. The molecule has 0 atom stereocenters. The largest absolute Gasteiger partial charge is 0.397 e. The number of carbonyl (C=O) groups is 1. The molecule has 0 saturated carbocycles. The summed E-state index contributed by atoms with van der Waals surface area (Å²) in [5.74, 6) is -0.978. The van der Waals surface area contributed by atoms with Crippen molar-refractivity contribution in [2.75, 3.05) is 5.73 Å². The van der Waals surface area contributed by atoms with Crippen molar-refractivity contribution in [2.24, 2.45) is 5.34 Å². The Kier molecular flexibility index (Phi) is 2.91. The average Bonchev–Trinajstić information content (AvgIpc) is 2.09. The first-order valence-electron chi connectivity index (χ1n) is 3.11. The third-order valence-electron chi connectivity index (χ3n) is 1.21. The highest BCUT2D eigenvalue weighted by Crippen LogP contribution is 2.14. The molecule has 0 spiro atoms. The minimum atomic E-state index is -0.978. The summed E-state index contributed by atoms with van der Waals surface area (Å²) >= 11 is 3.03. The molecule has 0 bridgehead atoms. The molecule has 0 radical (unpaired) electrons. The summed E-state index contributed by atoms with van der Waals surface area (Å²) in [5.41, 5.74) is 5.37. The van der Waals surface area contributed by atoms with E-state index < -0.39 is 5.97 Å². The van der Waals surface area contributed by atoms with E-state index in [1.165, 1.54) is 6.07 Å². The molecule has 7 heteroatoms. The lowest BCUT2D eigenvalue weighted by atomic mass is 10.3. The lowest BCUT2D eigenvalue weighted by Gasteiger charge is -1.99. The minimum absolute atomic E-state index is 0.122. The molecule has 2 N–H and O–H groups in total. The maximum absolute atomic E-state index is 10.9. The van der Waals surface area contributed by atoms with Gasteiger partial charge in [0.05, 0.1) is 5.69 Å². The second-order valence-corrected chi connectivity index (χ2v) is 2.84. The van der Waals surface area contributed by atoms with Crippen LogP contribution >= 0.6 is 15.9 Å². The Morgan fingerprint density at radius 2 is 2.31 bits per heavy atom. The highest BCUT2D eigenvalue weighted by Gasteiger charge is 2.14. The SMILES string of the molecule is Nc1ccc(Br)nc1C(=O)ON=O. The second kappa shape index (κ2) is 3.94. The van der Waals surface area contributed by atoms with Gasteiger partial charge in [-0.3, -0.25) is 4.84 Å². The van der Waals surface area contributed by atoms with Gasteiger partial charge in [0.1, 0.15) is 4.60 Å². The molecule has 0 fully saturated rings. The Morgan fingerprint density at radius 1 is 1.62 bits per heavy atom. The van der Waals surface area contributed by atoms with E-state index in [1.54, 1.807) is 6.07 Å². The van der Waals surface area contributed by atoms with Crippen molar-refractivity contribution in [2.45, 2.75) is 0 Å². The van der Waals surface area contributed by atoms with E-state index in [1.807, 2.05) is 5.34 Å². The molecule has 6 nitrogen and oxygen atoms in total. The van der Waals surface area contributed by atoms with Crippen LogP contribution in [0.25, 0.3) is 0 Å². The number of aromatic nitrogens is 1. The van der Waals surface area contributed by atoms with Gasteiger partial charge < -0.3 is 5.73 Å². The number of halogens is 1. The highest BCUT2D eigenvalue weighted by atomic mass is 79.9. The summed E-state index contributed by atoms with van der Waals surface area (Å²) in [7, 11) is 0. The normalized spacial score (nSPS) is 9.31. The molecule has 0 amide bonds. The third-order valence-corrected chi connectivity index (χ3v) is 1.65. The summed E-state index contributed by atoms with van der Waals surface area (Å²) in [6, 6.07) is 3.01. The topological polar surface area (TPSA) is 94.6 Å². The van der Waals surface area contributed by atoms with Crippen molar-refractivity contribution in [1.82, 2.24) is 4.98 Å². The first kappa shape index (κ1) is 9.59. The molecule has 1 aromatic heterocycles. The van der Waals surface area contributed by atoms with Gasteiger partial charge in [-0.1, -0.05) is 0 Å². The molecule has 0 saturated heterocycles. The standard InChI is InChI=1S/C6H4BrN3O3/c7-4-2-1-3(8)5(9-4)6(11)13-10-12/h1-2H,8H2. The molecule has 68 valence electrons. The zero-order valence-electron chi connectivity index (χ0n) is 6.23. The zero-order chi connectivity index (χ0) is 9.84. The molecule has 1 aromatic rings. The Balaban J connectivity index is 3.05. The van der Waals surface area contributed by atoms with Crippen molar-refractivity contribution >= 4 is 27.6 Å². The van der Waals surface area contributed by atoms with Crippen LogP contribution in [0.3, 0.4) is 0 Å². The summed E-state index contributed by atoms with van der Waals surface area (Å²) in [6.07, 6.45) is 0. The fourth-order valence-corrected chi connectivity index (χ4v) is 0.996. The third kappa shape index (κ3) is 2.22. The first-order chi connectivity index (χ1) is 6.15. The maximum Gasteiger partial charge on any atom is 0.389 e. The van der Waals surface area contributed by atoms with Crippen LogP contribution in [0, 0.1) is 4.91 Å². The number of rotatable bonds is 2. The summed E-state index contributed by atoms with van der Waals surface area (Å²) in [4.78, 5) is 28.1. The van der Waals surface area contributed by atoms with Crippen molar-refractivity contribution in [3.05, 3.63) is 27.3 Å². The molecule has 0 aliphatic heterocycles. The van der Waals surface area contributed by atoms with Crippen molar-refractivity contribution < 1.29 is 9.63 Å². The zero-order valence-corrected chi connectivity index (χ0v) is 7.82. The van der Waals surface area contributed by atoms with Crippen LogP contribution in [0.1, 0.15) is 10.5 Å². The van der Waals surface area contributed by atoms with Gasteiger partial charge in [0, 0.05) is 0 Å². The van der Waals surface area contributed by atoms with Crippen LogP contribution in [0.4, 0.5) is 5.69 Å². The van der Waals surface area contributed by atoms with E-state index in [0.717, 1.165) is 0 Å². The van der Waals surface area contributed by atoms with Crippen LogP contribution in [0.2, 0.25) is 0 Å². The van der Waals surface area contributed by atoms with Gasteiger partial charge in [-0.15, -0.1) is 4.91 Å². The average molecular weight is 246 g/mol. The molecule has 13 heavy (non-hydrogen) atoms. The first-order valence-corrected chi connectivity index (χ1v) is 3.90. The minimum Gasteiger partial charge on any atom is -0.397 e. The van der Waals surface area contributed by atoms with Gasteiger partial charge in [-0.2, -0.15) is 0 Å².